The van der Waals surface area contributed by atoms with Crippen LogP contribution in [0.15, 0.2) is 48.5 Å². The quantitative estimate of drug-likeness (QED) is 0.556. The second-order valence-electron chi connectivity index (χ2n) is 7.66. The normalized spacial score (nSPS) is 10.8. The van der Waals surface area contributed by atoms with Gasteiger partial charge < -0.3 is 25.8 Å². The molecule has 0 aliphatic carbocycles. The maximum absolute atomic E-state index is 12.2. The molecule has 0 unspecified atom stereocenters. The minimum absolute atomic E-state index is 0.0218. The summed E-state index contributed by atoms with van der Waals surface area (Å²) in [6.07, 6.45) is -0.475. The molecule has 160 valence electrons. The Morgan fingerprint density at radius 3 is 2.43 bits per heavy atom. The monoisotopic (exact) mass is 413 g/mol. The number of carbonyl (C=O) groups is 3. The number of hydrogen-bond acceptors (Lipinski definition) is 5. The Labute approximate surface area is 175 Å². The fourth-order valence-electron chi connectivity index (χ4n) is 2.51. The number of phenolic OH excluding ortho intramolecular Hbond substituents is 1. The zero-order chi connectivity index (χ0) is 22.1. The molecule has 0 heterocycles. The van der Waals surface area contributed by atoms with E-state index in [4.69, 9.17) is 4.74 Å². The van der Waals surface area contributed by atoms with Crippen molar-refractivity contribution in [2.45, 2.75) is 39.3 Å². The number of benzene rings is 2. The largest absolute Gasteiger partial charge is 0.508 e. The number of aromatic hydroxyl groups is 1. The summed E-state index contributed by atoms with van der Waals surface area (Å²) in [5, 5.41) is 17.5. The van der Waals surface area contributed by atoms with E-state index in [1.165, 1.54) is 12.1 Å². The number of alkyl carbamates (subject to hydrolysis) is 1. The van der Waals surface area contributed by atoms with Gasteiger partial charge in [-0.2, -0.15) is 0 Å². The highest BCUT2D eigenvalue weighted by atomic mass is 16.6. The molecule has 0 saturated heterocycles. The molecule has 0 atom stereocenters. The molecule has 0 aliphatic rings. The minimum atomic E-state index is -0.594. The van der Waals surface area contributed by atoms with Crippen molar-refractivity contribution < 1.29 is 24.2 Å². The van der Waals surface area contributed by atoms with Gasteiger partial charge in [0.15, 0.2) is 0 Å². The number of anilines is 1. The maximum atomic E-state index is 12.2. The number of nitrogens with one attached hydrogen (secondary N) is 3. The minimum Gasteiger partial charge on any atom is -0.508 e. The van der Waals surface area contributed by atoms with Crippen LogP contribution in [0.1, 0.15) is 43.1 Å². The van der Waals surface area contributed by atoms with Crippen LogP contribution in [0.2, 0.25) is 0 Å². The van der Waals surface area contributed by atoms with Gasteiger partial charge in [0, 0.05) is 30.8 Å². The van der Waals surface area contributed by atoms with Crippen molar-refractivity contribution >= 4 is 23.6 Å². The first-order valence-corrected chi connectivity index (χ1v) is 9.55. The Morgan fingerprint density at radius 2 is 1.73 bits per heavy atom. The lowest BCUT2D eigenvalue weighted by molar-refractivity contribution is -0.116. The molecule has 30 heavy (non-hydrogen) atoms. The van der Waals surface area contributed by atoms with Gasteiger partial charge in [-0.1, -0.05) is 18.2 Å². The molecule has 2 rings (SSSR count). The average Bonchev–Trinajstić information content (AvgIpc) is 2.65. The first-order chi connectivity index (χ1) is 14.1. The number of phenols is 1. The van der Waals surface area contributed by atoms with Crippen molar-refractivity contribution in [3.05, 3.63) is 59.7 Å². The highest BCUT2D eigenvalue weighted by molar-refractivity contribution is 5.94. The number of hydrogen-bond donors (Lipinski definition) is 4. The average molecular weight is 413 g/mol. The van der Waals surface area contributed by atoms with E-state index in [2.05, 4.69) is 16.0 Å². The van der Waals surface area contributed by atoms with Crippen LogP contribution in [0, 0.1) is 0 Å². The molecule has 0 spiro atoms. The Hall–Kier alpha value is -3.55. The summed E-state index contributed by atoms with van der Waals surface area (Å²) in [6, 6.07) is 13.2. The summed E-state index contributed by atoms with van der Waals surface area (Å²) < 4.78 is 5.11. The number of carbonyl (C=O) groups excluding carboxylic acids is 3. The molecule has 0 fully saturated rings. The van der Waals surface area contributed by atoms with E-state index in [-0.39, 0.29) is 37.1 Å². The van der Waals surface area contributed by atoms with Crippen LogP contribution in [-0.4, -0.2) is 35.2 Å². The third kappa shape index (κ3) is 8.22. The molecular formula is C22H27N3O5. The molecule has 0 bridgehead atoms. The maximum Gasteiger partial charge on any atom is 0.407 e. The van der Waals surface area contributed by atoms with E-state index in [0.29, 0.717) is 11.3 Å². The van der Waals surface area contributed by atoms with E-state index < -0.39 is 11.7 Å². The van der Waals surface area contributed by atoms with Gasteiger partial charge in [-0.3, -0.25) is 9.59 Å². The van der Waals surface area contributed by atoms with Crippen LogP contribution in [0.25, 0.3) is 0 Å². The van der Waals surface area contributed by atoms with Gasteiger partial charge in [0.05, 0.1) is 0 Å². The second kappa shape index (κ2) is 10.3. The van der Waals surface area contributed by atoms with Crippen molar-refractivity contribution in [3.63, 3.8) is 0 Å². The summed E-state index contributed by atoms with van der Waals surface area (Å²) in [4.78, 5) is 35.8. The number of amides is 3. The van der Waals surface area contributed by atoms with Gasteiger partial charge in [0.1, 0.15) is 11.4 Å². The van der Waals surface area contributed by atoms with Crippen LogP contribution in [0.3, 0.4) is 0 Å². The molecule has 4 N–H and O–H groups in total. The lowest BCUT2D eigenvalue weighted by Crippen LogP contribution is -2.34. The third-order valence-corrected chi connectivity index (χ3v) is 3.79. The Morgan fingerprint density at radius 1 is 1.00 bits per heavy atom. The Balaban J connectivity index is 1.80. The first-order valence-electron chi connectivity index (χ1n) is 9.55. The predicted molar refractivity (Wildman–Crippen MR) is 113 cm³/mol. The molecule has 0 radical (unpaired) electrons. The summed E-state index contributed by atoms with van der Waals surface area (Å²) in [7, 11) is 0. The van der Waals surface area contributed by atoms with E-state index in [1.807, 2.05) is 6.07 Å². The summed E-state index contributed by atoms with van der Waals surface area (Å²) in [5.41, 5.74) is 1.15. The van der Waals surface area contributed by atoms with Crippen LogP contribution < -0.4 is 16.0 Å². The molecule has 0 aromatic heterocycles. The summed E-state index contributed by atoms with van der Waals surface area (Å²) in [6.45, 7) is 5.70. The van der Waals surface area contributed by atoms with E-state index in [9.17, 15) is 19.5 Å². The van der Waals surface area contributed by atoms with Crippen molar-refractivity contribution in [1.82, 2.24) is 10.6 Å². The topological polar surface area (TPSA) is 117 Å². The van der Waals surface area contributed by atoms with Gasteiger partial charge in [-0.05, 0) is 56.7 Å². The smallest absolute Gasteiger partial charge is 0.407 e. The van der Waals surface area contributed by atoms with Crippen molar-refractivity contribution in [1.29, 1.82) is 0 Å². The highest BCUT2D eigenvalue weighted by Gasteiger charge is 2.16. The van der Waals surface area contributed by atoms with Crippen molar-refractivity contribution in [2.24, 2.45) is 0 Å². The van der Waals surface area contributed by atoms with Gasteiger partial charge >= 0.3 is 6.09 Å². The van der Waals surface area contributed by atoms with Gasteiger partial charge in [-0.25, -0.2) is 4.79 Å². The molecule has 2 aromatic carbocycles. The van der Waals surface area contributed by atoms with Crippen LogP contribution in [0.4, 0.5) is 10.5 Å². The van der Waals surface area contributed by atoms with E-state index in [0.717, 1.165) is 5.56 Å². The zero-order valence-electron chi connectivity index (χ0n) is 17.3. The molecule has 8 heteroatoms. The zero-order valence-corrected chi connectivity index (χ0v) is 17.3. The Bertz CT molecular complexity index is 906. The Kier molecular flexibility index (Phi) is 7.80. The molecular weight excluding hydrogens is 386 g/mol. The third-order valence-electron chi connectivity index (χ3n) is 3.79. The van der Waals surface area contributed by atoms with E-state index in [1.54, 1.807) is 51.1 Å². The predicted octanol–water partition coefficient (Wildman–Crippen LogP) is 3.18. The van der Waals surface area contributed by atoms with Gasteiger partial charge in [0.25, 0.3) is 5.91 Å². The molecule has 0 aliphatic heterocycles. The number of ether oxygens (including phenoxy) is 1. The van der Waals surface area contributed by atoms with Crippen LogP contribution >= 0.6 is 0 Å². The van der Waals surface area contributed by atoms with Crippen molar-refractivity contribution in [2.75, 3.05) is 11.9 Å². The molecule has 2 aromatic rings. The summed E-state index contributed by atoms with van der Waals surface area (Å²) in [5.74, 6) is -0.547. The second-order valence-corrected chi connectivity index (χ2v) is 7.66. The van der Waals surface area contributed by atoms with Crippen LogP contribution in [0.5, 0.6) is 5.75 Å². The number of rotatable bonds is 7. The van der Waals surface area contributed by atoms with Crippen LogP contribution in [-0.2, 0) is 16.1 Å². The van der Waals surface area contributed by atoms with E-state index >= 15 is 0 Å². The molecule has 8 nitrogen and oxygen atoms in total. The SMILES string of the molecule is CC(C)(C)OC(=O)NCCC(=O)Nc1cccc(CNC(=O)c2cccc(O)c2)c1. The lowest BCUT2D eigenvalue weighted by Gasteiger charge is -2.19. The van der Waals surface area contributed by atoms with Crippen molar-refractivity contribution in [3.8, 4) is 5.75 Å². The molecule has 3 amide bonds. The first kappa shape index (κ1) is 22.7. The lowest BCUT2D eigenvalue weighted by atomic mass is 10.1. The van der Waals surface area contributed by atoms with Gasteiger partial charge in [-0.15, -0.1) is 0 Å². The standard InChI is InChI=1S/C22H27N3O5/c1-22(2,3)30-21(29)23-11-10-19(27)25-17-8-4-6-15(12-17)14-24-20(28)16-7-5-9-18(26)13-16/h4-9,12-13,26H,10-11,14H2,1-3H3,(H,23,29)(H,24,28)(H,25,27). The van der Waals surface area contributed by atoms with Gasteiger partial charge in [0.2, 0.25) is 5.91 Å². The fraction of sp³-hybridized carbons (Fsp3) is 0.318. The molecule has 0 saturated carbocycles. The summed E-state index contributed by atoms with van der Waals surface area (Å²) >= 11 is 0. The highest BCUT2D eigenvalue weighted by Crippen LogP contribution is 2.13. The fourth-order valence-corrected chi connectivity index (χ4v) is 2.51.